The van der Waals surface area contributed by atoms with Gasteiger partial charge in [0.25, 0.3) is 0 Å². The van der Waals surface area contributed by atoms with Gasteiger partial charge in [-0.3, -0.25) is 9.59 Å². The molecule has 0 atom stereocenters. The van der Waals surface area contributed by atoms with Crippen LogP contribution in [0.4, 0.5) is 0 Å². The number of nitrogens with one attached hydrogen (secondary N) is 2. The van der Waals surface area contributed by atoms with Crippen LogP contribution in [-0.4, -0.2) is 26.9 Å². The standard InChI is InChI=1S/C17H24N4O2/c1-5-15(22)18-10-14-19-12-8-6-7-9-13(12)21(14)11-16(23)20-17(2,3)4/h6-9H,5,10-11H2,1-4H3,(H,18,22)(H,20,23). The SMILES string of the molecule is CCC(=O)NCc1nc2ccccc2n1CC(=O)NC(C)(C)C. The average molecular weight is 316 g/mol. The number of rotatable bonds is 5. The zero-order valence-electron chi connectivity index (χ0n) is 14.1. The number of imidazole rings is 1. The van der Waals surface area contributed by atoms with E-state index in [9.17, 15) is 9.59 Å². The third-order valence-corrected chi connectivity index (χ3v) is 3.31. The molecule has 1 aromatic carbocycles. The van der Waals surface area contributed by atoms with Crippen LogP contribution in [0.15, 0.2) is 24.3 Å². The lowest BCUT2D eigenvalue weighted by Gasteiger charge is -2.21. The van der Waals surface area contributed by atoms with Crippen molar-refractivity contribution < 1.29 is 9.59 Å². The molecule has 0 fully saturated rings. The van der Waals surface area contributed by atoms with Gasteiger partial charge in [0.1, 0.15) is 12.4 Å². The van der Waals surface area contributed by atoms with Crippen molar-refractivity contribution in [2.75, 3.05) is 0 Å². The first-order valence-corrected chi connectivity index (χ1v) is 7.82. The molecule has 0 saturated heterocycles. The molecule has 0 unspecified atom stereocenters. The lowest BCUT2D eigenvalue weighted by molar-refractivity contribution is -0.123. The molecule has 2 aromatic rings. The zero-order chi connectivity index (χ0) is 17.0. The fraction of sp³-hybridized carbons (Fsp3) is 0.471. The second kappa shape index (κ2) is 6.81. The lowest BCUT2D eigenvalue weighted by atomic mass is 10.1. The Kier molecular flexibility index (Phi) is 5.03. The third kappa shape index (κ3) is 4.55. The van der Waals surface area contributed by atoms with Crippen molar-refractivity contribution in [2.45, 2.75) is 52.7 Å². The Morgan fingerprint density at radius 3 is 2.52 bits per heavy atom. The van der Waals surface area contributed by atoms with Crippen LogP contribution < -0.4 is 10.6 Å². The van der Waals surface area contributed by atoms with E-state index >= 15 is 0 Å². The van der Waals surface area contributed by atoms with Crippen LogP contribution in [0.1, 0.15) is 39.9 Å². The number of benzene rings is 1. The third-order valence-electron chi connectivity index (χ3n) is 3.31. The largest absolute Gasteiger partial charge is 0.350 e. The van der Waals surface area contributed by atoms with Crippen molar-refractivity contribution in [2.24, 2.45) is 0 Å². The summed E-state index contributed by atoms with van der Waals surface area (Å²) in [5.74, 6) is 0.559. The highest BCUT2D eigenvalue weighted by atomic mass is 16.2. The summed E-state index contributed by atoms with van der Waals surface area (Å²) < 4.78 is 1.85. The molecule has 0 bridgehead atoms. The number of carbonyl (C=O) groups excluding carboxylic acids is 2. The van der Waals surface area contributed by atoms with Gasteiger partial charge >= 0.3 is 0 Å². The van der Waals surface area contributed by atoms with Gasteiger partial charge in [-0.2, -0.15) is 0 Å². The fourth-order valence-electron chi connectivity index (χ4n) is 2.34. The number of fused-ring (bicyclic) bond motifs is 1. The first-order chi connectivity index (χ1) is 10.8. The van der Waals surface area contributed by atoms with Crippen molar-refractivity contribution in [1.82, 2.24) is 20.2 Å². The summed E-state index contributed by atoms with van der Waals surface area (Å²) >= 11 is 0. The van der Waals surface area contributed by atoms with Crippen LogP contribution in [0, 0.1) is 0 Å². The molecule has 0 aliphatic heterocycles. The predicted molar refractivity (Wildman–Crippen MR) is 89.8 cm³/mol. The van der Waals surface area contributed by atoms with Gasteiger partial charge in [0.2, 0.25) is 11.8 Å². The molecule has 2 amide bonds. The molecule has 1 heterocycles. The maximum absolute atomic E-state index is 12.3. The van der Waals surface area contributed by atoms with Crippen LogP contribution in [0.3, 0.4) is 0 Å². The van der Waals surface area contributed by atoms with Gasteiger partial charge in [0.15, 0.2) is 0 Å². The van der Waals surface area contributed by atoms with Crippen molar-refractivity contribution in [1.29, 1.82) is 0 Å². The second-order valence-corrected chi connectivity index (χ2v) is 6.53. The summed E-state index contributed by atoms with van der Waals surface area (Å²) in [5.41, 5.74) is 1.42. The van der Waals surface area contributed by atoms with Crippen LogP contribution in [0.25, 0.3) is 11.0 Å². The van der Waals surface area contributed by atoms with Crippen LogP contribution in [0.5, 0.6) is 0 Å². The Bertz CT molecular complexity index is 713. The van der Waals surface area contributed by atoms with Gasteiger partial charge in [-0.05, 0) is 32.9 Å². The number of hydrogen-bond donors (Lipinski definition) is 2. The molecular weight excluding hydrogens is 292 g/mol. The summed E-state index contributed by atoms with van der Waals surface area (Å²) in [7, 11) is 0. The smallest absolute Gasteiger partial charge is 0.240 e. The number of para-hydroxylation sites is 2. The Morgan fingerprint density at radius 1 is 1.17 bits per heavy atom. The first-order valence-electron chi connectivity index (χ1n) is 7.82. The minimum Gasteiger partial charge on any atom is -0.350 e. The molecular formula is C17H24N4O2. The van der Waals surface area contributed by atoms with E-state index in [1.165, 1.54) is 0 Å². The number of nitrogens with zero attached hydrogens (tertiary/aromatic N) is 2. The molecule has 6 heteroatoms. The molecule has 0 saturated carbocycles. The monoisotopic (exact) mass is 316 g/mol. The minimum absolute atomic E-state index is 0.0391. The maximum atomic E-state index is 12.3. The van der Waals surface area contributed by atoms with Crippen molar-refractivity contribution in [3.63, 3.8) is 0 Å². The van der Waals surface area contributed by atoms with E-state index in [0.717, 1.165) is 11.0 Å². The lowest BCUT2D eigenvalue weighted by Crippen LogP contribution is -2.42. The van der Waals surface area contributed by atoms with Gasteiger partial charge in [-0.15, -0.1) is 0 Å². The Morgan fingerprint density at radius 2 is 1.87 bits per heavy atom. The summed E-state index contributed by atoms with van der Waals surface area (Å²) in [5, 5.41) is 5.77. The Hall–Kier alpha value is -2.37. The van der Waals surface area contributed by atoms with Gasteiger partial charge in [-0.25, -0.2) is 4.98 Å². The van der Waals surface area contributed by atoms with Crippen molar-refractivity contribution in [3.8, 4) is 0 Å². The first kappa shape index (κ1) is 17.0. The van der Waals surface area contributed by atoms with E-state index in [-0.39, 0.29) is 23.9 Å². The van der Waals surface area contributed by atoms with Crippen LogP contribution in [0.2, 0.25) is 0 Å². The van der Waals surface area contributed by atoms with E-state index in [2.05, 4.69) is 15.6 Å². The van der Waals surface area contributed by atoms with E-state index in [0.29, 0.717) is 18.8 Å². The molecule has 2 N–H and O–H groups in total. The maximum Gasteiger partial charge on any atom is 0.240 e. The highest BCUT2D eigenvalue weighted by molar-refractivity contribution is 5.81. The summed E-state index contributed by atoms with van der Waals surface area (Å²) in [4.78, 5) is 28.3. The fourth-order valence-corrected chi connectivity index (χ4v) is 2.34. The zero-order valence-corrected chi connectivity index (χ0v) is 14.1. The highest BCUT2D eigenvalue weighted by Crippen LogP contribution is 2.16. The van der Waals surface area contributed by atoms with Gasteiger partial charge in [0, 0.05) is 12.0 Å². The van der Waals surface area contributed by atoms with E-state index in [1.807, 2.05) is 49.6 Å². The highest BCUT2D eigenvalue weighted by Gasteiger charge is 2.17. The minimum atomic E-state index is -0.288. The number of carbonyl (C=O) groups is 2. The van der Waals surface area contributed by atoms with E-state index in [1.54, 1.807) is 6.92 Å². The van der Waals surface area contributed by atoms with E-state index < -0.39 is 0 Å². The predicted octanol–water partition coefficient (Wildman–Crippen LogP) is 1.98. The number of hydrogen-bond acceptors (Lipinski definition) is 3. The van der Waals surface area contributed by atoms with Crippen molar-refractivity contribution in [3.05, 3.63) is 30.1 Å². The quantitative estimate of drug-likeness (QED) is 0.885. The molecule has 0 aliphatic rings. The average Bonchev–Trinajstić information content (AvgIpc) is 2.81. The molecule has 23 heavy (non-hydrogen) atoms. The molecule has 6 nitrogen and oxygen atoms in total. The number of aromatic nitrogens is 2. The van der Waals surface area contributed by atoms with Gasteiger partial charge in [-0.1, -0.05) is 19.1 Å². The molecule has 0 radical (unpaired) electrons. The Balaban J connectivity index is 2.27. The molecule has 2 rings (SSSR count). The van der Waals surface area contributed by atoms with Crippen LogP contribution >= 0.6 is 0 Å². The molecule has 124 valence electrons. The van der Waals surface area contributed by atoms with Crippen LogP contribution in [-0.2, 0) is 22.7 Å². The van der Waals surface area contributed by atoms with E-state index in [4.69, 9.17) is 0 Å². The summed E-state index contributed by atoms with van der Waals surface area (Å²) in [6.07, 6.45) is 0.421. The Labute approximate surface area is 136 Å². The second-order valence-electron chi connectivity index (χ2n) is 6.53. The topological polar surface area (TPSA) is 76.0 Å². The van der Waals surface area contributed by atoms with Crippen molar-refractivity contribution >= 4 is 22.8 Å². The summed E-state index contributed by atoms with van der Waals surface area (Å²) in [6.45, 7) is 8.12. The number of amides is 2. The van der Waals surface area contributed by atoms with Gasteiger partial charge < -0.3 is 15.2 Å². The molecule has 0 aliphatic carbocycles. The molecule has 1 aromatic heterocycles. The van der Waals surface area contributed by atoms with Gasteiger partial charge in [0.05, 0.1) is 17.6 Å². The normalized spacial score (nSPS) is 11.5. The summed E-state index contributed by atoms with van der Waals surface area (Å²) in [6, 6.07) is 7.65. The molecule has 0 spiro atoms.